The third kappa shape index (κ3) is 5.50. The van der Waals surface area contributed by atoms with Gasteiger partial charge in [-0.15, -0.1) is 0 Å². The van der Waals surface area contributed by atoms with E-state index in [0.717, 1.165) is 5.56 Å². The van der Waals surface area contributed by atoms with E-state index in [1.165, 1.54) is 36.5 Å². The van der Waals surface area contributed by atoms with Crippen molar-refractivity contribution in [2.75, 3.05) is 11.9 Å². The van der Waals surface area contributed by atoms with Crippen LogP contribution in [0.25, 0.3) is 0 Å². The molecule has 9 heteroatoms. The SMILES string of the molecule is CCOc1cc(C(=O)Nc2cnn(Cc3ccc(F)cc3)c2)ccc1OC(F)F. The van der Waals surface area contributed by atoms with Gasteiger partial charge in [-0.2, -0.15) is 13.9 Å². The fourth-order valence-electron chi connectivity index (χ4n) is 2.61. The first kappa shape index (κ1) is 20.2. The van der Waals surface area contributed by atoms with E-state index >= 15 is 0 Å². The largest absolute Gasteiger partial charge is 0.490 e. The molecule has 0 radical (unpaired) electrons. The van der Waals surface area contributed by atoms with Gasteiger partial charge in [-0.05, 0) is 42.8 Å². The Balaban J connectivity index is 1.69. The maximum Gasteiger partial charge on any atom is 0.387 e. The minimum absolute atomic E-state index is 0.0486. The first-order valence-electron chi connectivity index (χ1n) is 8.74. The van der Waals surface area contributed by atoms with Crippen molar-refractivity contribution in [3.05, 3.63) is 71.8 Å². The molecule has 6 nitrogen and oxygen atoms in total. The van der Waals surface area contributed by atoms with Crippen LogP contribution in [0.15, 0.2) is 54.9 Å². The molecule has 0 saturated heterocycles. The van der Waals surface area contributed by atoms with Crippen LogP contribution in [0, 0.1) is 5.82 Å². The van der Waals surface area contributed by atoms with Crippen molar-refractivity contribution in [2.24, 2.45) is 0 Å². The van der Waals surface area contributed by atoms with Gasteiger partial charge < -0.3 is 14.8 Å². The third-order valence-electron chi connectivity index (χ3n) is 3.87. The molecule has 2 aromatic carbocycles. The molecule has 0 spiro atoms. The Kier molecular flexibility index (Phi) is 6.38. The number of alkyl halides is 2. The summed E-state index contributed by atoms with van der Waals surface area (Å²) in [7, 11) is 0. The molecule has 3 aromatic rings. The first-order valence-corrected chi connectivity index (χ1v) is 8.74. The molecular weight excluding hydrogens is 387 g/mol. The highest BCUT2D eigenvalue weighted by molar-refractivity contribution is 6.04. The molecule has 0 aliphatic heterocycles. The van der Waals surface area contributed by atoms with Gasteiger partial charge in [0.1, 0.15) is 5.82 Å². The number of nitrogens with one attached hydrogen (secondary N) is 1. The smallest absolute Gasteiger partial charge is 0.387 e. The average Bonchev–Trinajstić information content (AvgIpc) is 3.11. The number of halogens is 3. The minimum atomic E-state index is -3.00. The number of ether oxygens (including phenoxy) is 2. The number of rotatable bonds is 8. The number of carbonyl (C=O) groups excluding carboxylic acids is 1. The van der Waals surface area contributed by atoms with Gasteiger partial charge in [0.15, 0.2) is 11.5 Å². The van der Waals surface area contributed by atoms with E-state index in [1.807, 2.05) is 0 Å². The second-order valence-electron chi connectivity index (χ2n) is 5.98. The van der Waals surface area contributed by atoms with Crippen molar-refractivity contribution < 1.29 is 27.4 Å². The summed E-state index contributed by atoms with van der Waals surface area (Å²) in [6.07, 6.45) is 3.10. The highest BCUT2D eigenvalue weighted by atomic mass is 19.3. The van der Waals surface area contributed by atoms with Crippen molar-refractivity contribution in [3.63, 3.8) is 0 Å². The van der Waals surface area contributed by atoms with E-state index in [9.17, 15) is 18.0 Å². The molecule has 0 bridgehead atoms. The zero-order chi connectivity index (χ0) is 20.8. The van der Waals surface area contributed by atoms with Crippen molar-refractivity contribution in [1.82, 2.24) is 9.78 Å². The number of hydrogen-bond acceptors (Lipinski definition) is 4. The van der Waals surface area contributed by atoms with Gasteiger partial charge in [-0.1, -0.05) is 12.1 Å². The van der Waals surface area contributed by atoms with Crippen molar-refractivity contribution in [3.8, 4) is 11.5 Å². The molecule has 3 rings (SSSR count). The lowest BCUT2D eigenvalue weighted by Crippen LogP contribution is -2.12. The van der Waals surface area contributed by atoms with Crippen LogP contribution in [-0.4, -0.2) is 28.9 Å². The molecule has 152 valence electrons. The predicted molar refractivity (Wildman–Crippen MR) is 99.9 cm³/mol. The summed E-state index contributed by atoms with van der Waals surface area (Å²) in [6.45, 7) is -0.680. The lowest BCUT2D eigenvalue weighted by molar-refractivity contribution is -0.0514. The molecule has 0 aliphatic carbocycles. The number of amides is 1. The Hall–Kier alpha value is -3.49. The summed E-state index contributed by atoms with van der Waals surface area (Å²) in [4.78, 5) is 12.5. The fraction of sp³-hybridized carbons (Fsp3) is 0.200. The molecule has 29 heavy (non-hydrogen) atoms. The third-order valence-corrected chi connectivity index (χ3v) is 3.87. The zero-order valence-electron chi connectivity index (χ0n) is 15.4. The second-order valence-corrected chi connectivity index (χ2v) is 5.98. The van der Waals surface area contributed by atoms with Crippen LogP contribution in [0.5, 0.6) is 11.5 Å². The van der Waals surface area contributed by atoms with Gasteiger partial charge in [0.25, 0.3) is 5.91 Å². The van der Waals surface area contributed by atoms with Crippen LogP contribution in [0.1, 0.15) is 22.8 Å². The summed E-state index contributed by atoms with van der Waals surface area (Å²) >= 11 is 0. The maximum absolute atomic E-state index is 13.0. The van der Waals surface area contributed by atoms with E-state index in [-0.39, 0.29) is 29.5 Å². The number of nitrogens with zero attached hydrogens (tertiary/aromatic N) is 2. The van der Waals surface area contributed by atoms with Gasteiger partial charge in [0.05, 0.1) is 25.0 Å². The molecule has 0 atom stereocenters. The summed E-state index contributed by atoms with van der Waals surface area (Å²) in [5.41, 5.74) is 1.51. The lowest BCUT2D eigenvalue weighted by atomic mass is 10.2. The van der Waals surface area contributed by atoms with Crippen LogP contribution in [0.3, 0.4) is 0 Å². The Morgan fingerprint density at radius 2 is 1.93 bits per heavy atom. The van der Waals surface area contributed by atoms with Gasteiger partial charge in [-0.25, -0.2) is 4.39 Å². The van der Waals surface area contributed by atoms with Crippen molar-refractivity contribution >= 4 is 11.6 Å². The van der Waals surface area contributed by atoms with Crippen LogP contribution in [-0.2, 0) is 6.54 Å². The molecule has 1 amide bonds. The van der Waals surface area contributed by atoms with E-state index < -0.39 is 12.5 Å². The fourth-order valence-corrected chi connectivity index (χ4v) is 2.61. The first-order chi connectivity index (χ1) is 13.9. The molecule has 1 aromatic heterocycles. The van der Waals surface area contributed by atoms with E-state index in [1.54, 1.807) is 29.9 Å². The molecular formula is C20H18F3N3O3. The van der Waals surface area contributed by atoms with Gasteiger partial charge in [0, 0.05) is 11.8 Å². The molecule has 0 unspecified atom stereocenters. The maximum atomic E-state index is 13.0. The van der Waals surface area contributed by atoms with E-state index in [0.29, 0.717) is 12.2 Å². The van der Waals surface area contributed by atoms with Gasteiger partial charge >= 0.3 is 6.61 Å². The average molecular weight is 405 g/mol. The van der Waals surface area contributed by atoms with Crippen molar-refractivity contribution in [1.29, 1.82) is 0 Å². The minimum Gasteiger partial charge on any atom is -0.490 e. The zero-order valence-corrected chi connectivity index (χ0v) is 15.4. The number of carbonyl (C=O) groups is 1. The second kappa shape index (κ2) is 9.13. The molecule has 1 heterocycles. The lowest BCUT2D eigenvalue weighted by Gasteiger charge is -2.12. The quantitative estimate of drug-likeness (QED) is 0.606. The van der Waals surface area contributed by atoms with Crippen LogP contribution < -0.4 is 14.8 Å². The Labute approximate surface area is 164 Å². The predicted octanol–water partition coefficient (Wildman–Crippen LogP) is 4.32. The number of benzene rings is 2. The Morgan fingerprint density at radius 3 is 2.62 bits per heavy atom. The Morgan fingerprint density at radius 1 is 1.17 bits per heavy atom. The summed E-state index contributed by atoms with van der Waals surface area (Å²) in [5, 5.41) is 6.83. The number of anilines is 1. The van der Waals surface area contributed by atoms with Crippen LogP contribution >= 0.6 is 0 Å². The summed E-state index contributed by atoms with van der Waals surface area (Å²) < 4.78 is 49.2. The molecule has 0 saturated carbocycles. The van der Waals surface area contributed by atoms with Gasteiger partial charge in [0.2, 0.25) is 0 Å². The molecule has 1 N–H and O–H groups in total. The topological polar surface area (TPSA) is 65.4 Å². The highest BCUT2D eigenvalue weighted by Crippen LogP contribution is 2.30. The monoisotopic (exact) mass is 405 g/mol. The molecule has 0 fully saturated rings. The van der Waals surface area contributed by atoms with E-state index in [2.05, 4.69) is 15.2 Å². The standard InChI is InChI=1S/C20H18F3N3O3/c1-2-28-18-9-14(5-8-17(18)29-20(22)23)19(27)25-16-10-24-26(12-16)11-13-3-6-15(21)7-4-13/h3-10,12,20H,2,11H2,1H3,(H,25,27). The van der Waals surface area contributed by atoms with Crippen LogP contribution in [0.4, 0.5) is 18.9 Å². The number of hydrogen-bond donors (Lipinski definition) is 1. The van der Waals surface area contributed by atoms with Crippen LogP contribution in [0.2, 0.25) is 0 Å². The summed E-state index contributed by atoms with van der Waals surface area (Å²) in [6, 6.07) is 9.96. The normalized spacial score (nSPS) is 10.8. The van der Waals surface area contributed by atoms with E-state index in [4.69, 9.17) is 4.74 Å². The molecule has 0 aliphatic rings. The highest BCUT2D eigenvalue weighted by Gasteiger charge is 2.15. The van der Waals surface area contributed by atoms with Crippen molar-refractivity contribution in [2.45, 2.75) is 20.1 Å². The number of aromatic nitrogens is 2. The van der Waals surface area contributed by atoms with Gasteiger partial charge in [-0.3, -0.25) is 9.48 Å². The Bertz CT molecular complexity index is 975. The summed E-state index contributed by atoms with van der Waals surface area (Å²) in [5.74, 6) is -0.882.